The summed E-state index contributed by atoms with van der Waals surface area (Å²) < 4.78 is 5.12. The van der Waals surface area contributed by atoms with Crippen molar-refractivity contribution in [2.45, 2.75) is 45.6 Å². The van der Waals surface area contributed by atoms with Gasteiger partial charge in [0.25, 0.3) is 0 Å². The lowest BCUT2D eigenvalue weighted by Crippen LogP contribution is -2.37. The number of likely N-dealkylation sites (N-methyl/N-ethyl adjacent to an activating group) is 1. The van der Waals surface area contributed by atoms with E-state index in [-0.39, 0.29) is 0 Å². The van der Waals surface area contributed by atoms with Gasteiger partial charge in [0.05, 0.1) is 6.61 Å². The Labute approximate surface area is 95.0 Å². The SMILES string of the molecule is COCCN(C)C1CCC(C(C)C)CC1. The number of ether oxygens (including phenoxy) is 1. The monoisotopic (exact) mass is 213 g/mol. The fraction of sp³-hybridized carbons (Fsp3) is 1.00. The molecule has 0 N–H and O–H groups in total. The highest BCUT2D eigenvalue weighted by Crippen LogP contribution is 2.31. The number of rotatable bonds is 5. The lowest BCUT2D eigenvalue weighted by molar-refractivity contribution is 0.106. The van der Waals surface area contributed by atoms with Gasteiger partial charge in [-0.15, -0.1) is 0 Å². The molecule has 1 aliphatic rings. The summed E-state index contributed by atoms with van der Waals surface area (Å²) in [5, 5.41) is 0. The Hall–Kier alpha value is -0.0800. The molecule has 0 atom stereocenters. The summed E-state index contributed by atoms with van der Waals surface area (Å²) in [6, 6.07) is 0.801. The standard InChI is InChI=1S/C13H27NO/c1-11(2)12-5-7-13(8-6-12)14(3)9-10-15-4/h11-13H,5-10H2,1-4H3. The normalized spacial score (nSPS) is 27.6. The first-order valence-corrected chi connectivity index (χ1v) is 6.34. The first-order chi connectivity index (χ1) is 7.15. The molecule has 0 radical (unpaired) electrons. The zero-order chi connectivity index (χ0) is 11.3. The molecule has 15 heavy (non-hydrogen) atoms. The molecule has 0 aromatic rings. The topological polar surface area (TPSA) is 12.5 Å². The lowest BCUT2D eigenvalue weighted by atomic mass is 9.79. The van der Waals surface area contributed by atoms with Gasteiger partial charge < -0.3 is 9.64 Å². The van der Waals surface area contributed by atoms with Crippen molar-refractivity contribution in [2.75, 3.05) is 27.3 Å². The van der Waals surface area contributed by atoms with E-state index in [2.05, 4.69) is 25.8 Å². The van der Waals surface area contributed by atoms with Crippen molar-refractivity contribution in [3.63, 3.8) is 0 Å². The zero-order valence-corrected chi connectivity index (χ0v) is 10.8. The quantitative estimate of drug-likeness (QED) is 0.696. The molecule has 0 spiro atoms. The molecule has 0 heterocycles. The van der Waals surface area contributed by atoms with Crippen LogP contribution in [0.2, 0.25) is 0 Å². The Morgan fingerprint density at radius 2 is 1.80 bits per heavy atom. The van der Waals surface area contributed by atoms with Gasteiger partial charge in [-0.2, -0.15) is 0 Å². The molecule has 0 saturated heterocycles. The maximum absolute atomic E-state index is 5.12. The van der Waals surface area contributed by atoms with Gasteiger partial charge in [-0.25, -0.2) is 0 Å². The van der Waals surface area contributed by atoms with Crippen LogP contribution in [0.15, 0.2) is 0 Å². The molecule has 0 unspecified atom stereocenters. The molecule has 2 nitrogen and oxygen atoms in total. The summed E-state index contributed by atoms with van der Waals surface area (Å²) in [7, 11) is 4.02. The highest BCUT2D eigenvalue weighted by molar-refractivity contribution is 4.79. The van der Waals surface area contributed by atoms with Crippen molar-refractivity contribution in [1.29, 1.82) is 0 Å². The Morgan fingerprint density at radius 3 is 2.27 bits per heavy atom. The van der Waals surface area contributed by atoms with Crippen LogP contribution in [0, 0.1) is 11.8 Å². The highest BCUT2D eigenvalue weighted by atomic mass is 16.5. The van der Waals surface area contributed by atoms with Crippen LogP contribution in [0.25, 0.3) is 0 Å². The molecule has 1 fully saturated rings. The van der Waals surface area contributed by atoms with E-state index >= 15 is 0 Å². The van der Waals surface area contributed by atoms with Gasteiger partial charge in [-0.3, -0.25) is 0 Å². The summed E-state index contributed by atoms with van der Waals surface area (Å²) in [5.41, 5.74) is 0. The van der Waals surface area contributed by atoms with E-state index in [0.717, 1.165) is 31.0 Å². The van der Waals surface area contributed by atoms with Crippen LogP contribution in [0.1, 0.15) is 39.5 Å². The van der Waals surface area contributed by atoms with Crippen LogP contribution in [0.4, 0.5) is 0 Å². The minimum Gasteiger partial charge on any atom is -0.383 e. The maximum atomic E-state index is 5.12. The van der Waals surface area contributed by atoms with Crippen molar-refractivity contribution in [3.05, 3.63) is 0 Å². The fourth-order valence-electron chi connectivity index (χ4n) is 2.63. The smallest absolute Gasteiger partial charge is 0.0589 e. The minimum absolute atomic E-state index is 0.801. The van der Waals surface area contributed by atoms with Crippen LogP contribution in [-0.2, 0) is 4.74 Å². The van der Waals surface area contributed by atoms with Crippen molar-refractivity contribution >= 4 is 0 Å². The van der Waals surface area contributed by atoms with Crippen molar-refractivity contribution < 1.29 is 4.74 Å². The van der Waals surface area contributed by atoms with E-state index in [9.17, 15) is 0 Å². The second kappa shape index (κ2) is 6.49. The van der Waals surface area contributed by atoms with Crippen LogP contribution in [0.5, 0.6) is 0 Å². The number of methoxy groups -OCH3 is 1. The molecule has 0 amide bonds. The molecule has 0 aromatic carbocycles. The van der Waals surface area contributed by atoms with E-state index in [1.54, 1.807) is 7.11 Å². The Bertz CT molecular complexity index is 162. The molecule has 90 valence electrons. The van der Waals surface area contributed by atoms with E-state index in [1.165, 1.54) is 25.7 Å². The molecule has 1 aliphatic carbocycles. The van der Waals surface area contributed by atoms with Gasteiger partial charge in [0.1, 0.15) is 0 Å². The Kier molecular flexibility index (Phi) is 5.62. The van der Waals surface area contributed by atoms with Crippen LogP contribution >= 0.6 is 0 Å². The maximum Gasteiger partial charge on any atom is 0.0589 e. The number of nitrogens with zero attached hydrogens (tertiary/aromatic N) is 1. The third kappa shape index (κ3) is 4.12. The van der Waals surface area contributed by atoms with E-state index < -0.39 is 0 Å². The average molecular weight is 213 g/mol. The van der Waals surface area contributed by atoms with Gasteiger partial charge in [0.15, 0.2) is 0 Å². The second-order valence-corrected chi connectivity index (χ2v) is 5.29. The van der Waals surface area contributed by atoms with Crippen molar-refractivity contribution in [1.82, 2.24) is 4.90 Å². The zero-order valence-electron chi connectivity index (χ0n) is 10.8. The number of hydrogen-bond donors (Lipinski definition) is 0. The van der Waals surface area contributed by atoms with E-state index in [1.807, 2.05) is 0 Å². The van der Waals surface area contributed by atoms with Crippen molar-refractivity contribution in [3.8, 4) is 0 Å². The van der Waals surface area contributed by atoms with Crippen LogP contribution in [0.3, 0.4) is 0 Å². The van der Waals surface area contributed by atoms with E-state index in [0.29, 0.717) is 0 Å². The molecule has 0 bridgehead atoms. The van der Waals surface area contributed by atoms with Gasteiger partial charge >= 0.3 is 0 Å². The molecule has 1 saturated carbocycles. The first kappa shape index (κ1) is 13.0. The van der Waals surface area contributed by atoms with Gasteiger partial charge in [-0.05, 0) is 44.6 Å². The van der Waals surface area contributed by atoms with Gasteiger partial charge in [-0.1, -0.05) is 13.8 Å². The first-order valence-electron chi connectivity index (χ1n) is 6.34. The lowest BCUT2D eigenvalue weighted by Gasteiger charge is -2.36. The fourth-order valence-corrected chi connectivity index (χ4v) is 2.63. The number of hydrogen-bond acceptors (Lipinski definition) is 2. The van der Waals surface area contributed by atoms with Gasteiger partial charge in [0.2, 0.25) is 0 Å². The highest BCUT2D eigenvalue weighted by Gasteiger charge is 2.25. The third-order valence-corrected chi connectivity index (χ3v) is 3.96. The molecule has 0 aliphatic heterocycles. The molecular weight excluding hydrogens is 186 g/mol. The second-order valence-electron chi connectivity index (χ2n) is 5.29. The van der Waals surface area contributed by atoms with Crippen molar-refractivity contribution in [2.24, 2.45) is 11.8 Å². The summed E-state index contributed by atoms with van der Waals surface area (Å²) >= 11 is 0. The summed E-state index contributed by atoms with van der Waals surface area (Å²) in [5.74, 6) is 1.84. The molecule has 1 rings (SSSR count). The predicted octanol–water partition coefficient (Wildman–Crippen LogP) is 2.78. The summed E-state index contributed by atoms with van der Waals surface area (Å²) in [4.78, 5) is 2.47. The summed E-state index contributed by atoms with van der Waals surface area (Å²) in [6.07, 6.45) is 5.59. The summed E-state index contributed by atoms with van der Waals surface area (Å²) in [6.45, 7) is 6.66. The Morgan fingerprint density at radius 1 is 1.20 bits per heavy atom. The van der Waals surface area contributed by atoms with E-state index in [4.69, 9.17) is 4.74 Å². The average Bonchev–Trinajstić information content (AvgIpc) is 2.26. The van der Waals surface area contributed by atoms with Crippen LogP contribution in [-0.4, -0.2) is 38.3 Å². The van der Waals surface area contributed by atoms with Gasteiger partial charge in [0, 0.05) is 19.7 Å². The minimum atomic E-state index is 0.801. The van der Waals surface area contributed by atoms with Crippen LogP contribution < -0.4 is 0 Å². The third-order valence-electron chi connectivity index (χ3n) is 3.96. The molecular formula is C13H27NO. The predicted molar refractivity (Wildman–Crippen MR) is 65.1 cm³/mol. The molecule has 2 heteroatoms. The Balaban J connectivity index is 2.24. The molecule has 0 aromatic heterocycles. The largest absolute Gasteiger partial charge is 0.383 e.